The zero-order valence-electron chi connectivity index (χ0n) is 20.2. The highest BCUT2D eigenvalue weighted by Gasteiger charge is 2.38. The standard InChI is InChI=1S/C26H30N6O2S/c1-17-18(2)35-25(27-17)29-26(33)32-21-7-4-10-31(16-21)23-9-8-22(28-24(23)32)19-5-3-6-20(15-19)30-11-13-34-14-12-30/h3,5-6,8-9,15,21H,4,7,10-14,16H2,1-2H3,(H,27,29,33)/t21-/m0/s1. The summed E-state index contributed by atoms with van der Waals surface area (Å²) in [5.74, 6) is 0.734. The highest BCUT2D eigenvalue weighted by atomic mass is 32.1. The van der Waals surface area contributed by atoms with E-state index in [1.165, 1.54) is 17.0 Å². The first kappa shape index (κ1) is 22.3. The number of urea groups is 1. The summed E-state index contributed by atoms with van der Waals surface area (Å²) in [4.78, 5) is 30.9. The van der Waals surface area contributed by atoms with Crippen LogP contribution in [0.1, 0.15) is 23.4 Å². The van der Waals surface area contributed by atoms with E-state index in [-0.39, 0.29) is 12.1 Å². The molecule has 2 amide bonds. The molecule has 1 atom stereocenters. The largest absolute Gasteiger partial charge is 0.378 e. The second kappa shape index (κ2) is 9.13. The Morgan fingerprint density at radius 3 is 2.74 bits per heavy atom. The number of aryl methyl sites for hydroxylation is 2. The van der Waals surface area contributed by atoms with E-state index in [1.807, 2.05) is 18.7 Å². The van der Waals surface area contributed by atoms with Gasteiger partial charge in [0.1, 0.15) is 0 Å². The van der Waals surface area contributed by atoms with Crippen LogP contribution in [-0.4, -0.2) is 61.4 Å². The summed E-state index contributed by atoms with van der Waals surface area (Å²) in [5, 5.41) is 3.68. The molecule has 2 bridgehead atoms. The van der Waals surface area contributed by atoms with E-state index in [4.69, 9.17) is 9.72 Å². The Morgan fingerprint density at radius 2 is 1.94 bits per heavy atom. The molecule has 35 heavy (non-hydrogen) atoms. The van der Waals surface area contributed by atoms with Crippen molar-refractivity contribution in [1.82, 2.24) is 9.97 Å². The number of pyridine rings is 1. The van der Waals surface area contributed by atoms with Gasteiger partial charge in [0.15, 0.2) is 10.9 Å². The van der Waals surface area contributed by atoms with Crippen molar-refractivity contribution in [2.75, 3.05) is 59.4 Å². The second-order valence-electron chi connectivity index (χ2n) is 9.39. The summed E-state index contributed by atoms with van der Waals surface area (Å²) >= 11 is 1.51. The number of morpholine rings is 1. The fraction of sp³-hybridized carbons (Fsp3) is 0.423. The summed E-state index contributed by atoms with van der Waals surface area (Å²) in [6.07, 6.45) is 2.03. The lowest BCUT2D eigenvalue weighted by atomic mass is 9.99. The number of fused-ring (bicyclic) bond motifs is 4. The van der Waals surface area contributed by atoms with Gasteiger partial charge < -0.3 is 14.5 Å². The van der Waals surface area contributed by atoms with Gasteiger partial charge in [0.2, 0.25) is 0 Å². The van der Waals surface area contributed by atoms with Crippen molar-refractivity contribution in [3.63, 3.8) is 0 Å². The van der Waals surface area contributed by atoms with Crippen molar-refractivity contribution < 1.29 is 9.53 Å². The van der Waals surface area contributed by atoms with Gasteiger partial charge in [0.05, 0.1) is 36.3 Å². The lowest BCUT2D eigenvalue weighted by Gasteiger charge is -2.45. The maximum atomic E-state index is 13.6. The van der Waals surface area contributed by atoms with Gasteiger partial charge in [0, 0.05) is 42.3 Å². The summed E-state index contributed by atoms with van der Waals surface area (Å²) in [5.41, 5.74) is 5.08. The number of anilines is 4. The molecule has 3 aromatic rings. The molecule has 6 rings (SSSR count). The molecule has 9 heteroatoms. The van der Waals surface area contributed by atoms with Crippen molar-refractivity contribution in [2.45, 2.75) is 32.7 Å². The third-order valence-corrected chi connectivity index (χ3v) is 8.15. The molecule has 2 fully saturated rings. The third kappa shape index (κ3) is 4.23. The average molecular weight is 491 g/mol. The number of ether oxygens (including phenoxy) is 1. The third-order valence-electron chi connectivity index (χ3n) is 7.16. The smallest absolute Gasteiger partial charge is 0.329 e. The maximum Gasteiger partial charge on any atom is 0.329 e. The van der Waals surface area contributed by atoms with Crippen molar-refractivity contribution in [2.24, 2.45) is 0 Å². The molecule has 3 aliphatic heterocycles. The van der Waals surface area contributed by atoms with Crippen molar-refractivity contribution >= 4 is 39.7 Å². The van der Waals surface area contributed by atoms with Gasteiger partial charge in [-0.3, -0.25) is 10.2 Å². The number of rotatable bonds is 3. The van der Waals surface area contributed by atoms with Crippen LogP contribution in [0.4, 0.5) is 27.1 Å². The number of amides is 2. The summed E-state index contributed by atoms with van der Waals surface area (Å²) in [6.45, 7) is 9.11. The summed E-state index contributed by atoms with van der Waals surface area (Å²) < 4.78 is 5.51. The number of nitrogens with one attached hydrogen (secondary N) is 1. The van der Waals surface area contributed by atoms with E-state index >= 15 is 0 Å². The fourth-order valence-corrected chi connectivity index (χ4v) is 6.01. The van der Waals surface area contributed by atoms with Gasteiger partial charge >= 0.3 is 6.03 Å². The Balaban J connectivity index is 1.35. The molecule has 182 valence electrons. The lowest BCUT2D eigenvalue weighted by molar-refractivity contribution is 0.122. The van der Waals surface area contributed by atoms with E-state index in [0.717, 1.165) is 85.6 Å². The van der Waals surface area contributed by atoms with E-state index in [1.54, 1.807) is 0 Å². The maximum absolute atomic E-state index is 13.6. The van der Waals surface area contributed by atoms with Crippen LogP contribution in [0.15, 0.2) is 36.4 Å². The highest BCUT2D eigenvalue weighted by Crippen LogP contribution is 2.40. The van der Waals surface area contributed by atoms with Crippen LogP contribution in [-0.2, 0) is 4.74 Å². The molecule has 0 spiro atoms. The number of benzene rings is 1. The van der Waals surface area contributed by atoms with Gasteiger partial charge in [-0.05, 0) is 51.0 Å². The van der Waals surface area contributed by atoms with E-state index < -0.39 is 0 Å². The SMILES string of the molecule is Cc1nc(NC(=O)N2c3nc(-c4cccc(N5CCOCC5)c4)ccc3N3CCC[C@H]2C3)sc1C. The Morgan fingerprint density at radius 1 is 1.09 bits per heavy atom. The fourth-order valence-electron chi connectivity index (χ4n) is 5.21. The van der Waals surface area contributed by atoms with Crippen LogP contribution in [0, 0.1) is 13.8 Å². The molecule has 8 nitrogen and oxygen atoms in total. The number of nitrogens with zero attached hydrogens (tertiary/aromatic N) is 5. The van der Waals surface area contributed by atoms with Crippen LogP contribution in [0.25, 0.3) is 11.3 Å². The molecule has 0 aliphatic carbocycles. The highest BCUT2D eigenvalue weighted by molar-refractivity contribution is 7.15. The lowest BCUT2D eigenvalue weighted by Crippen LogP contribution is -2.56. The zero-order chi connectivity index (χ0) is 23.9. The number of hydrogen-bond acceptors (Lipinski definition) is 7. The minimum absolute atomic E-state index is 0.0980. The monoisotopic (exact) mass is 490 g/mol. The Kier molecular flexibility index (Phi) is 5.82. The normalized spacial score (nSPS) is 19.5. The predicted octanol–water partition coefficient (Wildman–Crippen LogP) is 4.68. The summed E-state index contributed by atoms with van der Waals surface area (Å²) in [7, 11) is 0. The zero-order valence-corrected chi connectivity index (χ0v) is 21.0. The molecule has 2 saturated heterocycles. The van der Waals surface area contributed by atoms with Crippen LogP contribution in [0.5, 0.6) is 0 Å². The number of hydrogen-bond donors (Lipinski definition) is 1. The van der Waals surface area contributed by atoms with Crippen molar-refractivity contribution in [1.29, 1.82) is 0 Å². The Hall–Kier alpha value is -3.17. The molecule has 5 heterocycles. The molecular formula is C26H30N6O2S. The number of aromatic nitrogens is 2. The Bertz CT molecular complexity index is 1230. The molecular weight excluding hydrogens is 460 g/mol. The number of carbonyl (C=O) groups is 1. The van der Waals surface area contributed by atoms with E-state index in [0.29, 0.717) is 5.13 Å². The van der Waals surface area contributed by atoms with E-state index in [2.05, 4.69) is 56.5 Å². The van der Waals surface area contributed by atoms with Gasteiger partial charge in [-0.15, -0.1) is 11.3 Å². The first-order chi connectivity index (χ1) is 17.1. The minimum atomic E-state index is -0.154. The van der Waals surface area contributed by atoms with Crippen LogP contribution >= 0.6 is 11.3 Å². The molecule has 1 N–H and O–H groups in total. The molecule has 3 aliphatic rings. The van der Waals surface area contributed by atoms with Crippen LogP contribution in [0.3, 0.4) is 0 Å². The number of piperidine rings is 1. The molecule has 1 aromatic carbocycles. The average Bonchev–Trinajstić information content (AvgIpc) is 3.20. The molecule has 0 saturated carbocycles. The van der Waals surface area contributed by atoms with Gasteiger partial charge in [-0.1, -0.05) is 12.1 Å². The Labute approximate surface area is 209 Å². The number of thiazole rings is 1. The quantitative estimate of drug-likeness (QED) is 0.575. The van der Waals surface area contributed by atoms with Crippen LogP contribution < -0.4 is 20.0 Å². The van der Waals surface area contributed by atoms with Gasteiger partial charge in [-0.25, -0.2) is 14.8 Å². The van der Waals surface area contributed by atoms with Crippen molar-refractivity contribution in [3.8, 4) is 11.3 Å². The molecule has 0 radical (unpaired) electrons. The minimum Gasteiger partial charge on any atom is -0.378 e. The first-order valence-corrected chi connectivity index (χ1v) is 13.1. The second-order valence-corrected chi connectivity index (χ2v) is 10.6. The van der Waals surface area contributed by atoms with Gasteiger partial charge in [0.25, 0.3) is 0 Å². The van der Waals surface area contributed by atoms with Gasteiger partial charge in [-0.2, -0.15) is 0 Å². The van der Waals surface area contributed by atoms with Crippen LogP contribution in [0.2, 0.25) is 0 Å². The molecule has 2 aromatic heterocycles. The first-order valence-electron chi connectivity index (χ1n) is 12.3. The number of carbonyl (C=O) groups excluding carboxylic acids is 1. The van der Waals surface area contributed by atoms with E-state index in [9.17, 15) is 4.79 Å². The topological polar surface area (TPSA) is 73.8 Å². The predicted molar refractivity (Wildman–Crippen MR) is 141 cm³/mol. The van der Waals surface area contributed by atoms with Crippen molar-refractivity contribution in [3.05, 3.63) is 47.0 Å². The summed E-state index contributed by atoms with van der Waals surface area (Å²) in [6, 6.07) is 12.6. The molecule has 0 unspecified atom stereocenters.